The lowest BCUT2D eigenvalue weighted by Crippen LogP contribution is -2.49. The first-order valence-electron chi connectivity index (χ1n) is 9.67. The van der Waals surface area contributed by atoms with Gasteiger partial charge in [0, 0.05) is 25.6 Å². The van der Waals surface area contributed by atoms with Crippen molar-refractivity contribution >= 4 is 5.91 Å². The minimum atomic E-state index is 0.128. The van der Waals surface area contributed by atoms with Gasteiger partial charge in [-0.2, -0.15) is 4.98 Å². The molecule has 0 unspecified atom stereocenters. The van der Waals surface area contributed by atoms with Gasteiger partial charge in [-0.3, -0.25) is 9.69 Å². The van der Waals surface area contributed by atoms with E-state index in [2.05, 4.69) is 15.0 Å². The summed E-state index contributed by atoms with van der Waals surface area (Å²) in [5.74, 6) is 2.82. The third kappa shape index (κ3) is 4.30. The van der Waals surface area contributed by atoms with Crippen LogP contribution in [0.1, 0.15) is 48.9 Å². The van der Waals surface area contributed by atoms with Crippen molar-refractivity contribution in [3.05, 3.63) is 41.5 Å². The van der Waals surface area contributed by atoms with E-state index in [1.54, 1.807) is 7.11 Å². The first-order chi connectivity index (χ1) is 13.2. The zero-order valence-corrected chi connectivity index (χ0v) is 15.8. The number of hydrogen-bond donors (Lipinski definition) is 0. The van der Waals surface area contributed by atoms with Crippen molar-refractivity contribution in [3.8, 4) is 5.75 Å². The van der Waals surface area contributed by atoms with E-state index in [9.17, 15) is 4.79 Å². The molecule has 7 heteroatoms. The van der Waals surface area contributed by atoms with Crippen LogP contribution in [0.2, 0.25) is 0 Å². The van der Waals surface area contributed by atoms with Crippen molar-refractivity contribution in [2.75, 3.05) is 26.7 Å². The molecule has 1 saturated heterocycles. The number of benzene rings is 1. The Kier molecular flexibility index (Phi) is 5.38. The molecule has 27 heavy (non-hydrogen) atoms. The second-order valence-corrected chi connectivity index (χ2v) is 7.41. The van der Waals surface area contributed by atoms with E-state index in [1.807, 2.05) is 29.2 Å². The SMILES string of the molecule is COc1cccc(CN2CCN(Cc3noc(C4CCCC4)n3)CC2=O)c1. The van der Waals surface area contributed by atoms with Crippen LogP contribution < -0.4 is 4.74 Å². The van der Waals surface area contributed by atoms with Crippen molar-refractivity contribution in [2.24, 2.45) is 0 Å². The van der Waals surface area contributed by atoms with Gasteiger partial charge in [0.2, 0.25) is 11.8 Å². The van der Waals surface area contributed by atoms with Gasteiger partial charge in [-0.25, -0.2) is 0 Å². The molecule has 7 nitrogen and oxygen atoms in total. The fourth-order valence-corrected chi connectivity index (χ4v) is 3.92. The lowest BCUT2D eigenvalue weighted by Gasteiger charge is -2.33. The molecule has 2 aliphatic rings. The number of methoxy groups -OCH3 is 1. The Morgan fingerprint density at radius 1 is 1.22 bits per heavy atom. The summed E-state index contributed by atoms with van der Waals surface area (Å²) in [5.41, 5.74) is 1.08. The smallest absolute Gasteiger partial charge is 0.237 e. The van der Waals surface area contributed by atoms with Crippen LogP contribution in [0.5, 0.6) is 5.75 Å². The summed E-state index contributed by atoms with van der Waals surface area (Å²) < 4.78 is 10.7. The average molecular weight is 370 g/mol. The normalized spacial score (nSPS) is 19.0. The predicted octanol–water partition coefficient (Wildman–Crippen LogP) is 2.58. The second-order valence-electron chi connectivity index (χ2n) is 7.41. The molecule has 0 bridgehead atoms. The zero-order valence-electron chi connectivity index (χ0n) is 15.8. The van der Waals surface area contributed by atoms with Crippen LogP contribution >= 0.6 is 0 Å². The number of aromatic nitrogens is 2. The molecule has 1 amide bonds. The predicted molar refractivity (Wildman–Crippen MR) is 99.2 cm³/mol. The standard InChI is InChI=1S/C20H26N4O3/c1-26-17-8-4-5-15(11-17)12-24-10-9-23(14-19(24)25)13-18-21-20(27-22-18)16-6-2-3-7-16/h4-5,8,11,16H,2-3,6-7,9-10,12-14H2,1H3. The van der Waals surface area contributed by atoms with E-state index in [0.717, 1.165) is 36.6 Å². The van der Waals surface area contributed by atoms with Gasteiger partial charge in [0.25, 0.3) is 0 Å². The Balaban J connectivity index is 1.31. The summed E-state index contributed by atoms with van der Waals surface area (Å²) in [5, 5.41) is 4.12. The molecular weight excluding hydrogens is 344 g/mol. The fourth-order valence-electron chi connectivity index (χ4n) is 3.92. The van der Waals surface area contributed by atoms with E-state index in [0.29, 0.717) is 37.9 Å². The molecule has 0 atom stereocenters. The van der Waals surface area contributed by atoms with Crippen LogP contribution in [-0.2, 0) is 17.9 Å². The summed E-state index contributed by atoms with van der Waals surface area (Å²) in [6.45, 7) is 3.07. The minimum Gasteiger partial charge on any atom is -0.497 e. The number of nitrogens with zero attached hydrogens (tertiary/aromatic N) is 4. The van der Waals surface area contributed by atoms with Crippen LogP contribution in [0.3, 0.4) is 0 Å². The number of ether oxygens (including phenoxy) is 1. The molecule has 2 heterocycles. The van der Waals surface area contributed by atoms with E-state index in [4.69, 9.17) is 9.26 Å². The summed E-state index contributed by atoms with van der Waals surface area (Å²) in [6.07, 6.45) is 4.77. The number of carbonyl (C=O) groups excluding carboxylic acids is 1. The zero-order chi connectivity index (χ0) is 18.6. The van der Waals surface area contributed by atoms with Crippen LogP contribution in [0.25, 0.3) is 0 Å². The first kappa shape index (κ1) is 18.0. The Hall–Kier alpha value is -2.41. The van der Waals surface area contributed by atoms with Crippen molar-refractivity contribution in [2.45, 2.75) is 44.7 Å². The molecule has 1 aliphatic heterocycles. The molecule has 144 valence electrons. The minimum absolute atomic E-state index is 0.128. The third-order valence-electron chi connectivity index (χ3n) is 5.46. The molecule has 2 aromatic rings. The summed E-state index contributed by atoms with van der Waals surface area (Å²) in [7, 11) is 1.65. The van der Waals surface area contributed by atoms with E-state index in [1.165, 1.54) is 12.8 Å². The fraction of sp³-hybridized carbons (Fsp3) is 0.550. The second kappa shape index (κ2) is 8.08. The van der Waals surface area contributed by atoms with Crippen molar-refractivity contribution in [3.63, 3.8) is 0 Å². The number of amides is 1. The molecule has 1 saturated carbocycles. The highest BCUT2D eigenvalue weighted by Gasteiger charge is 2.27. The maximum Gasteiger partial charge on any atom is 0.237 e. The average Bonchev–Trinajstić information content (AvgIpc) is 3.36. The lowest BCUT2D eigenvalue weighted by atomic mass is 10.1. The van der Waals surface area contributed by atoms with Crippen LogP contribution in [0.4, 0.5) is 0 Å². The van der Waals surface area contributed by atoms with Gasteiger partial charge in [0.15, 0.2) is 5.82 Å². The Morgan fingerprint density at radius 3 is 2.85 bits per heavy atom. The molecule has 2 fully saturated rings. The Morgan fingerprint density at radius 2 is 2.07 bits per heavy atom. The Labute approximate surface area is 159 Å². The van der Waals surface area contributed by atoms with E-state index in [-0.39, 0.29) is 5.91 Å². The summed E-state index contributed by atoms with van der Waals surface area (Å²) in [4.78, 5) is 21.1. The first-order valence-corrected chi connectivity index (χ1v) is 9.67. The Bertz CT molecular complexity index is 785. The summed E-state index contributed by atoms with van der Waals surface area (Å²) >= 11 is 0. The molecule has 0 radical (unpaired) electrons. The highest BCUT2D eigenvalue weighted by molar-refractivity contribution is 5.79. The number of rotatable bonds is 6. The largest absolute Gasteiger partial charge is 0.497 e. The third-order valence-corrected chi connectivity index (χ3v) is 5.46. The van der Waals surface area contributed by atoms with Crippen molar-refractivity contribution < 1.29 is 14.1 Å². The molecule has 0 N–H and O–H groups in total. The highest BCUT2D eigenvalue weighted by atomic mass is 16.5. The van der Waals surface area contributed by atoms with Gasteiger partial charge in [-0.05, 0) is 30.5 Å². The maximum atomic E-state index is 12.6. The van der Waals surface area contributed by atoms with Gasteiger partial charge < -0.3 is 14.2 Å². The van der Waals surface area contributed by atoms with Crippen LogP contribution in [0.15, 0.2) is 28.8 Å². The van der Waals surface area contributed by atoms with Gasteiger partial charge in [0.05, 0.1) is 20.2 Å². The molecule has 0 spiro atoms. The highest BCUT2D eigenvalue weighted by Crippen LogP contribution is 2.33. The van der Waals surface area contributed by atoms with Crippen LogP contribution in [0, 0.1) is 0 Å². The molecule has 1 aromatic heterocycles. The van der Waals surface area contributed by atoms with Gasteiger partial charge in [-0.15, -0.1) is 0 Å². The van der Waals surface area contributed by atoms with Crippen molar-refractivity contribution in [1.82, 2.24) is 19.9 Å². The quantitative estimate of drug-likeness (QED) is 0.778. The molecule has 1 aliphatic carbocycles. The molecule has 1 aromatic carbocycles. The van der Waals surface area contributed by atoms with Gasteiger partial charge >= 0.3 is 0 Å². The van der Waals surface area contributed by atoms with Crippen LogP contribution in [-0.4, -0.2) is 52.6 Å². The number of piperazine rings is 1. The van der Waals surface area contributed by atoms with E-state index >= 15 is 0 Å². The van der Waals surface area contributed by atoms with Gasteiger partial charge in [0.1, 0.15) is 5.75 Å². The lowest BCUT2D eigenvalue weighted by molar-refractivity contribution is -0.136. The number of carbonyl (C=O) groups is 1. The molecular formula is C20H26N4O3. The summed E-state index contributed by atoms with van der Waals surface area (Å²) in [6, 6.07) is 7.86. The number of hydrogen-bond acceptors (Lipinski definition) is 6. The topological polar surface area (TPSA) is 71.7 Å². The van der Waals surface area contributed by atoms with Gasteiger partial charge in [-0.1, -0.05) is 30.1 Å². The van der Waals surface area contributed by atoms with E-state index < -0.39 is 0 Å². The van der Waals surface area contributed by atoms with Crippen molar-refractivity contribution in [1.29, 1.82) is 0 Å². The monoisotopic (exact) mass is 370 g/mol. The molecule has 4 rings (SSSR count). The maximum absolute atomic E-state index is 12.6.